The second-order valence-electron chi connectivity index (χ2n) is 8.06. The van der Waals surface area contributed by atoms with E-state index in [1.54, 1.807) is 22.7 Å². The molecular weight excluding hydrogens is 360 g/mol. The van der Waals surface area contributed by atoms with Crippen LogP contribution in [0.5, 0.6) is 0 Å². The summed E-state index contributed by atoms with van der Waals surface area (Å²) in [6.07, 6.45) is 5.11. The van der Waals surface area contributed by atoms with E-state index in [1.807, 2.05) is 31.2 Å². The van der Waals surface area contributed by atoms with Gasteiger partial charge in [0.05, 0.1) is 17.7 Å². The Morgan fingerprint density at radius 1 is 1.19 bits per heavy atom. The van der Waals surface area contributed by atoms with Crippen LogP contribution in [-0.4, -0.2) is 43.8 Å². The van der Waals surface area contributed by atoms with Crippen molar-refractivity contribution in [3.8, 4) is 0 Å². The molecule has 1 saturated heterocycles. The zero-order valence-electron chi connectivity index (χ0n) is 16.0. The van der Waals surface area contributed by atoms with Crippen LogP contribution in [-0.2, 0) is 16.6 Å². The molecule has 2 heterocycles. The first-order valence-electron chi connectivity index (χ1n) is 9.74. The average Bonchev–Trinajstić information content (AvgIpc) is 3.30. The van der Waals surface area contributed by atoms with Crippen molar-refractivity contribution in [2.24, 2.45) is 11.8 Å². The van der Waals surface area contributed by atoms with E-state index in [9.17, 15) is 8.42 Å². The maximum Gasteiger partial charge on any atom is 0.243 e. The van der Waals surface area contributed by atoms with Gasteiger partial charge in [-0.25, -0.2) is 8.42 Å². The van der Waals surface area contributed by atoms with E-state index in [0.717, 1.165) is 37.1 Å². The molecule has 3 atom stereocenters. The minimum Gasteiger partial charge on any atom is -0.468 e. The zero-order valence-corrected chi connectivity index (χ0v) is 16.9. The number of furan rings is 1. The highest BCUT2D eigenvalue weighted by Crippen LogP contribution is 2.40. The lowest BCUT2D eigenvalue weighted by Crippen LogP contribution is -2.43. The number of aryl methyl sites for hydroxylation is 1. The van der Waals surface area contributed by atoms with Gasteiger partial charge in [0.25, 0.3) is 0 Å². The number of sulfonamides is 1. The van der Waals surface area contributed by atoms with Gasteiger partial charge in [-0.3, -0.25) is 4.90 Å². The molecule has 1 saturated carbocycles. The number of hydrogen-bond donors (Lipinski definition) is 0. The Bertz CT molecular complexity index is 879. The molecule has 1 unspecified atom stereocenters. The van der Waals surface area contributed by atoms with Crippen LogP contribution in [0.3, 0.4) is 0 Å². The van der Waals surface area contributed by atoms with E-state index in [2.05, 4.69) is 11.9 Å². The highest BCUT2D eigenvalue weighted by molar-refractivity contribution is 7.89. The predicted molar refractivity (Wildman–Crippen MR) is 105 cm³/mol. The third-order valence-corrected chi connectivity index (χ3v) is 8.03. The van der Waals surface area contributed by atoms with Crippen molar-refractivity contribution in [3.63, 3.8) is 0 Å². The lowest BCUT2D eigenvalue weighted by Gasteiger charge is -2.38. The molecule has 2 fully saturated rings. The van der Waals surface area contributed by atoms with Crippen LogP contribution in [0.25, 0.3) is 0 Å². The molecule has 146 valence electrons. The van der Waals surface area contributed by atoms with Crippen LogP contribution in [0.4, 0.5) is 0 Å². The molecule has 0 amide bonds. The van der Waals surface area contributed by atoms with E-state index in [-0.39, 0.29) is 0 Å². The Morgan fingerprint density at radius 2 is 2.04 bits per heavy atom. The van der Waals surface area contributed by atoms with Crippen molar-refractivity contribution < 1.29 is 12.8 Å². The zero-order chi connectivity index (χ0) is 19.0. The minimum atomic E-state index is -3.42. The maximum atomic E-state index is 13.2. The van der Waals surface area contributed by atoms with Gasteiger partial charge in [0, 0.05) is 19.1 Å². The number of fused-ring (bicyclic) bond motifs is 1. The van der Waals surface area contributed by atoms with E-state index in [4.69, 9.17) is 4.42 Å². The molecule has 1 aromatic heterocycles. The molecular formula is C21H28N2O3S. The second-order valence-corrected chi connectivity index (χ2v) is 9.99. The lowest BCUT2D eigenvalue weighted by atomic mass is 9.77. The van der Waals surface area contributed by atoms with Crippen molar-refractivity contribution in [1.29, 1.82) is 0 Å². The number of hydrogen-bond acceptors (Lipinski definition) is 4. The molecule has 0 radical (unpaired) electrons. The summed E-state index contributed by atoms with van der Waals surface area (Å²) in [7, 11) is -1.29. The van der Waals surface area contributed by atoms with Crippen LogP contribution in [0.1, 0.15) is 30.6 Å². The van der Waals surface area contributed by atoms with Gasteiger partial charge in [-0.15, -0.1) is 0 Å². The van der Waals surface area contributed by atoms with Crippen molar-refractivity contribution in [2.45, 2.75) is 43.7 Å². The van der Waals surface area contributed by atoms with E-state index in [0.29, 0.717) is 35.9 Å². The molecule has 1 aliphatic carbocycles. The first kappa shape index (κ1) is 18.7. The summed E-state index contributed by atoms with van der Waals surface area (Å²) in [6.45, 7) is 3.97. The van der Waals surface area contributed by atoms with E-state index in [1.165, 1.54) is 0 Å². The number of benzene rings is 1. The summed E-state index contributed by atoms with van der Waals surface area (Å²) >= 11 is 0. The largest absolute Gasteiger partial charge is 0.468 e. The quantitative estimate of drug-likeness (QED) is 0.787. The molecule has 2 aliphatic rings. The summed E-state index contributed by atoms with van der Waals surface area (Å²) in [5.74, 6) is 1.79. The fraction of sp³-hybridized carbons (Fsp3) is 0.524. The molecule has 1 aliphatic heterocycles. The molecule has 27 heavy (non-hydrogen) atoms. The molecule has 6 heteroatoms. The van der Waals surface area contributed by atoms with Crippen molar-refractivity contribution in [2.75, 3.05) is 20.1 Å². The standard InChI is InChI=1S/C21H28N2O3S/c1-16-6-3-9-19(12-16)27(24,25)23-13-17-7-4-10-21(20(17)15-23)22(2)14-18-8-5-11-26-18/h3,5-6,8-9,11-12,17,20-21H,4,7,10,13-15H2,1-2H3/t17-,20+,21?/m1/s1. The van der Waals surface area contributed by atoms with Gasteiger partial charge in [0.1, 0.15) is 5.76 Å². The Hall–Kier alpha value is -1.63. The second kappa shape index (κ2) is 7.41. The average molecular weight is 389 g/mol. The monoisotopic (exact) mass is 388 g/mol. The summed E-state index contributed by atoms with van der Waals surface area (Å²) in [4.78, 5) is 2.76. The number of nitrogens with zero attached hydrogens (tertiary/aromatic N) is 2. The van der Waals surface area contributed by atoms with Crippen LogP contribution < -0.4 is 0 Å². The van der Waals surface area contributed by atoms with Crippen LogP contribution in [0.2, 0.25) is 0 Å². The Balaban J connectivity index is 1.52. The van der Waals surface area contributed by atoms with Crippen molar-refractivity contribution in [1.82, 2.24) is 9.21 Å². The fourth-order valence-electron chi connectivity index (χ4n) is 4.83. The minimum absolute atomic E-state index is 0.387. The topological polar surface area (TPSA) is 53.8 Å². The fourth-order valence-corrected chi connectivity index (χ4v) is 6.47. The van der Waals surface area contributed by atoms with Crippen LogP contribution in [0, 0.1) is 18.8 Å². The molecule has 5 nitrogen and oxygen atoms in total. The smallest absolute Gasteiger partial charge is 0.243 e. The van der Waals surface area contributed by atoms with Gasteiger partial charge in [0.15, 0.2) is 0 Å². The van der Waals surface area contributed by atoms with E-state index < -0.39 is 10.0 Å². The third kappa shape index (κ3) is 3.71. The Morgan fingerprint density at radius 3 is 2.78 bits per heavy atom. The Labute approximate surface area is 162 Å². The summed E-state index contributed by atoms with van der Waals surface area (Å²) in [6, 6.07) is 11.6. The van der Waals surface area contributed by atoms with Crippen molar-refractivity contribution in [3.05, 3.63) is 54.0 Å². The van der Waals surface area contributed by atoms with Gasteiger partial charge in [-0.2, -0.15) is 4.31 Å². The third-order valence-electron chi connectivity index (χ3n) is 6.21. The van der Waals surface area contributed by atoms with E-state index >= 15 is 0 Å². The maximum absolute atomic E-state index is 13.2. The SMILES string of the molecule is Cc1cccc(S(=O)(=O)N2C[C@H]3CCCC(N(C)Cc4ccco4)[C@H]3C2)c1. The molecule has 2 aromatic rings. The summed E-state index contributed by atoms with van der Waals surface area (Å²) < 4.78 is 33.5. The molecule has 0 N–H and O–H groups in total. The highest BCUT2D eigenvalue weighted by atomic mass is 32.2. The van der Waals surface area contributed by atoms with Crippen LogP contribution in [0.15, 0.2) is 52.0 Å². The first-order valence-corrected chi connectivity index (χ1v) is 11.2. The molecule has 1 aromatic carbocycles. The predicted octanol–water partition coefficient (Wildman–Crippen LogP) is 3.51. The molecule has 4 rings (SSSR count). The normalized spacial score (nSPS) is 26.4. The highest BCUT2D eigenvalue weighted by Gasteiger charge is 2.45. The number of rotatable bonds is 5. The first-order chi connectivity index (χ1) is 12.9. The van der Waals surface area contributed by atoms with Gasteiger partial charge in [0.2, 0.25) is 10.0 Å². The summed E-state index contributed by atoms with van der Waals surface area (Å²) in [5, 5.41) is 0. The molecule has 0 bridgehead atoms. The summed E-state index contributed by atoms with van der Waals surface area (Å²) in [5.41, 5.74) is 0.976. The lowest BCUT2D eigenvalue weighted by molar-refractivity contribution is 0.0999. The van der Waals surface area contributed by atoms with Gasteiger partial charge in [-0.05, 0) is 68.5 Å². The van der Waals surface area contributed by atoms with Gasteiger partial charge >= 0.3 is 0 Å². The van der Waals surface area contributed by atoms with Gasteiger partial charge in [-0.1, -0.05) is 18.6 Å². The molecule has 0 spiro atoms. The van der Waals surface area contributed by atoms with Crippen molar-refractivity contribution >= 4 is 10.0 Å². The Kier molecular flexibility index (Phi) is 5.14. The van der Waals surface area contributed by atoms with Gasteiger partial charge < -0.3 is 4.42 Å². The van der Waals surface area contributed by atoms with Crippen LogP contribution >= 0.6 is 0 Å².